The number of aliphatic hydroxyl groups is 1. The summed E-state index contributed by atoms with van der Waals surface area (Å²) in [7, 11) is 0. The van der Waals surface area contributed by atoms with E-state index in [9.17, 15) is 14.5 Å². The summed E-state index contributed by atoms with van der Waals surface area (Å²) < 4.78 is 13.3. The molecule has 0 heterocycles. The predicted molar refractivity (Wildman–Crippen MR) is 63.2 cm³/mol. The van der Waals surface area contributed by atoms with Gasteiger partial charge in [-0.3, -0.25) is 10.1 Å². The zero-order valence-corrected chi connectivity index (χ0v) is 10.6. The standard InChI is InChI=1S/C9H9BrFNO3S/c10-6-4-8(12(14)15)9(5-7(6)11)16-3-1-2-13/h4-5,13H,1-3H2. The topological polar surface area (TPSA) is 63.4 Å². The Morgan fingerprint density at radius 3 is 2.81 bits per heavy atom. The fraction of sp³-hybridized carbons (Fsp3) is 0.333. The molecule has 4 nitrogen and oxygen atoms in total. The fourth-order valence-electron chi connectivity index (χ4n) is 1.02. The second-order valence-corrected chi connectivity index (χ2v) is 4.91. The maximum Gasteiger partial charge on any atom is 0.284 e. The molecule has 0 bridgehead atoms. The molecule has 0 aliphatic rings. The lowest BCUT2D eigenvalue weighted by atomic mass is 10.3. The highest BCUT2D eigenvalue weighted by molar-refractivity contribution is 9.10. The fourth-order valence-corrected chi connectivity index (χ4v) is 2.32. The minimum absolute atomic E-state index is 0.0137. The molecule has 0 unspecified atom stereocenters. The van der Waals surface area contributed by atoms with Crippen molar-refractivity contribution in [2.24, 2.45) is 0 Å². The highest BCUT2D eigenvalue weighted by Gasteiger charge is 2.17. The van der Waals surface area contributed by atoms with Crippen LogP contribution in [-0.4, -0.2) is 22.4 Å². The molecule has 0 fully saturated rings. The first-order valence-electron chi connectivity index (χ1n) is 4.43. The SMILES string of the molecule is O=[N+]([O-])c1cc(Br)c(F)cc1SCCCO. The first-order chi connectivity index (χ1) is 7.56. The smallest absolute Gasteiger partial charge is 0.284 e. The molecule has 0 aliphatic carbocycles. The van der Waals surface area contributed by atoms with E-state index in [0.717, 1.165) is 23.9 Å². The molecule has 1 N–H and O–H groups in total. The Balaban J connectivity index is 2.95. The van der Waals surface area contributed by atoms with Crippen LogP contribution in [0.1, 0.15) is 6.42 Å². The van der Waals surface area contributed by atoms with Gasteiger partial charge in [0.15, 0.2) is 0 Å². The Hall–Kier alpha value is -0.660. The van der Waals surface area contributed by atoms with E-state index in [2.05, 4.69) is 15.9 Å². The van der Waals surface area contributed by atoms with E-state index in [1.807, 2.05) is 0 Å². The van der Waals surface area contributed by atoms with Crippen LogP contribution in [0.15, 0.2) is 21.5 Å². The molecular formula is C9H9BrFNO3S. The number of nitrogens with zero attached hydrogens (tertiary/aromatic N) is 1. The molecule has 16 heavy (non-hydrogen) atoms. The number of nitro groups is 1. The first kappa shape index (κ1) is 13.4. The molecule has 1 aromatic rings. The van der Waals surface area contributed by atoms with Crippen molar-refractivity contribution in [3.05, 3.63) is 32.5 Å². The second-order valence-electron chi connectivity index (χ2n) is 2.92. The van der Waals surface area contributed by atoms with E-state index in [0.29, 0.717) is 12.2 Å². The van der Waals surface area contributed by atoms with Gasteiger partial charge in [-0.1, -0.05) is 0 Å². The number of hydrogen-bond acceptors (Lipinski definition) is 4. The van der Waals surface area contributed by atoms with Gasteiger partial charge in [0.1, 0.15) is 5.82 Å². The Bertz CT molecular complexity index is 403. The van der Waals surface area contributed by atoms with Crippen molar-refractivity contribution in [2.45, 2.75) is 11.3 Å². The first-order valence-corrected chi connectivity index (χ1v) is 6.21. The molecule has 1 aromatic carbocycles. The van der Waals surface area contributed by atoms with Crippen molar-refractivity contribution in [3.8, 4) is 0 Å². The van der Waals surface area contributed by atoms with E-state index in [1.165, 1.54) is 0 Å². The maximum atomic E-state index is 13.2. The molecule has 0 amide bonds. The van der Waals surface area contributed by atoms with Gasteiger partial charge in [0, 0.05) is 18.4 Å². The zero-order chi connectivity index (χ0) is 12.1. The summed E-state index contributed by atoms with van der Waals surface area (Å²) in [5.74, 6) is -0.0182. The minimum atomic E-state index is -0.550. The Kier molecular flexibility index (Phi) is 5.17. The van der Waals surface area contributed by atoms with E-state index in [-0.39, 0.29) is 21.7 Å². The van der Waals surface area contributed by atoms with Gasteiger partial charge < -0.3 is 5.11 Å². The summed E-state index contributed by atoms with van der Waals surface area (Å²) in [6, 6.07) is 2.28. The number of halogens is 2. The van der Waals surface area contributed by atoms with Crippen LogP contribution in [0.25, 0.3) is 0 Å². The summed E-state index contributed by atoms with van der Waals surface area (Å²) >= 11 is 4.06. The third kappa shape index (κ3) is 3.43. The van der Waals surface area contributed by atoms with E-state index in [4.69, 9.17) is 5.11 Å². The van der Waals surface area contributed by atoms with Gasteiger partial charge in [0.05, 0.1) is 14.3 Å². The van der Waals surface area contributed by atoms with Gasteiger partial charge in [0.2, 0.25) is 0 Å². The normalized spacial score (nSPS) is 10.4. The molecule has 0 atom stereocenters. The molecule has 0 aromatic heterocycles. The van der Waals surface area contributed by atoms with Crippen molar-refractivity contribution in [3.63, 3.8) is 0 Å². The highest BCUT2D eigenvalue weighted by Crippen LogP contribution is 2.33. The third-order valence-corrected chi connectivity index (χ3v) is 3.50. The quantitative estimate of drug-likeness (QED) is 0.393. The van der Waals surface area contributed by atoms with E-state index in [1.54, 1.807) is 0 Å². The highest BCUT2D eigenvalue weighted by atomic mass is 79.9. The summed E-state index contributed by atoms with van der Waals surface area (Å²) in [6.07, 6.45) is 0.513. The minimum Gasteiger partial charge on any atom is -0.396 e. The summed E-state index contributed by atoms with van der Waals surface area (Å²) in [5, 5.41) is 19.3. The van der Waals surface area contributed by atoms with Gasteiger partial charge in [0.25, 0.3) is 5.69 Å². The van der Waals surface area contributed by atoms with Crippen molar-refractivity contribution >= 4 is 33.4 Å². The van der Waals surface area contributed by atoms with Crippen LogP contribution in [0.5, 0.6) is 0 Å². The number of thioether (sulfide) groups is 1. The monoisotopic (exact) mass is 309 g/mol. The predicted octanol–water partition coefficient (Wildman–Crippen LogP) is 2.97. The van der Waals surface area contributed by atoms with Crippen LogP contribution in [0.2, 0.25) is 0 Å². The number of nitro benzene ring substituents is 1. The molecule has 0 radical (unpaired) electrons. The summed E-state index contributed by atoms with van der Waals surface area (Å²) in [6.45, 7) is 0.0137. The maximum absolute atomic E-state index is 13.2. The average molecular weight is 310 g/mol. The molecule has 0 saturated carbocycles. The van der Waals surface area contributed by atoms with Crippen LogP contribution in [0.4, 0.5) is 10.1 Å². The van der Waals surface area contributed by atoms with Gasteiger partial charge in [-0.15, -0.1) is 11.8 Å². The van der Waals surface area contributed by atoms with Crippen LogP contribution in [0.3, 0.4) is 0 Å². The van der Waals surface area contributed by atoms with Crippen LogP contribution in [-0.2, 0) is 0 Å². The lowest BCUT2D eigenvalue weighted by Gasteiger charge is -2.03. The summed E-state index contributed by atoms with van der Waals surface area (Å²) in [4.78, 5) is 10.4. The molecular weight excluding hydrogens is 301 g/mol. The van der Waals surface area contributed by atoms with Gasteiger partial charge >= 0.3 is 0 Å². The number of hydrogen-bond donors (Lipinski definition) is 1. The molecule has 0 saturated heterocycles. The lowest BCUT2D eigenvalue weighted by Crippen LogP contribution is -1.94. The lowest BCUT2D eigenvalue weighted by molar-refractivity contribution is -0.387. The van der Waals surface area contributed by atoms with Crippen molar-refractivity contribution in [1.82, 2.24) is 0 Å². The largest absolute Gasteiger partial charge is 0.396 e. The Morgan fingerprint density at radius 2 is 2.25 bits per heavy atom. The van der Waals surface area contributed by atoms with Crippen LogP contribution < -0.4 is 0 Å². The molecule has 1 rings (SSSR count). The van der Waals surface area contributed by atoms with E-state index < -0.39 is 10.7 Å². The number of rotatable bonds is 5. The molecule has 88 valence electrons. The molecule has 0 aliphatic heterocycles. The Labute approximate surface area is 104 Å². The average Bonchev–Trinajstić information content (AvgIpc) is 2.23. The van der Waals surface area contributed by atoms with Gasteiger partial charge in [-0.05, 0) is 28.4 Å². The van der Waals surface area contributed by atoms with Crippen molar-refractivity contribution < 1.29 is 14.4 Å². The summed E-state index contributed by atoms with van der Waals surface area (Å²) in [5.41, 5.74) is -0.129. The number of benzene rings is 1. The van der Waals surface area contributed by atoms with E-state index >= 15 is 0 Å². The third-order valence-electron chi connectivity index (χ3n) is 1.76. The molecule has 0 spiro atoms. The molecule has 7 heteroatoms. The van der Waals surface area contributed by atoms with Crippen LogP contribution in [0, 0.1) is 15.9 Å². The zero-order valence-electron chi connectivity index (χ0n) is 8.15. The van der Waals surface area contributed by atoms with Gasteiger partial charge in [-0.2, -0.15) is 0 Å². The van der Waals surface area contributed by atoms with Crippen molar-refractivity contribution in [1.29, 1.82) is 0 Å². The van der Waals surface area contributed by atoms with Gasteiger partial charge in [-0.25, -0.2) is 4.39 Å². The van der Waals surface area contributed by atoms with Crippen molar-refractivity contribution in [2.75, 3.05) is 12.4 Å². The second kappa shape index (κ2) is 6.17. The Morgan fingerprint density at radius 1 is 1.56 bits per heavy atom. The number of aliphatic hydroxyl groups excluding tert-OH is 1. The van der Waals surface area contributed by atoms with Crippen LogP contribution >= 0.6 is 27.7 Å².